The van der Waals surface area contributed by atoms with Gasteiger partial charge in [0.15, 0.2) is 5.79 Å². The second-order valence-corrected chi connectivity index (χ2v) is 12.7. The van der Waals surface area contributed by atoms with Crippen molar-refractivity contribution in [3.8, 4) is 5.75 Å². The molecule has 8 heteroatoms. The summed E-state index contributed by atoms with van der Waals surface area (Å²) >= 11 is 3.47. The molecule has 2 aromatic carbocycles. The summed E-state index contributed by atoms with van der Waals surface area (Å²) in [4.78, 5) is 31.8. The number of carbonyl (C=O) groups is 2. The first kappa shape index (κ1) is 26.9. The van der Waals surface area contributed by atoms with Gasteiger partial charge in [-0.25, -0.2) is 0 Å². The lowest BCUT2D eigenvalue weighted by Gasteiger charge is -2.44. The van der Waals surface area contributed by atoms with Gasteiger partial charge in [-0.05, 0) is 55.9 Å². The van der Waals surface area contributed by atoms with Crippen LogP contribution >= 0.6 is 15.9 Å². The lowest BCUT2D eigenvalue weighted by Crippen LogP contribution is -2.53. The highest BCUT2D eigenvalue weighted by Crippen LogP contribution is 2.60. The Balaban J connectivity index is 1.22. The number of imide groups is 1. The first-order valence-electron chi connectivity index (χ1n) is 14.3. The Morgan fingerprint density at radius 3 is 2.51 bits per heavy atom. The van der Waals surface area contributed by atoms with Crippen molar-refractivity contribution in [3.05, 3.63) is 64.1 Å². The molecule has 2 amide bonds. The minimum Gasteiger partial charge on any atom is -0.508 e. The van der Waals surface area contributed by atoms with Gasteiger partial charge in [0.05, 0.1) is 17.9 Å². The number of aliphatic hydroxyl groups is 1. The van der Waals surface area contributed by atoms with Gasteiger partial charge < -0.3 is 14.9 Å². The van der Waals surface area contributed by atoms with Gasteiger partial charge in [-0.2, -0.15) is 0 Å². The van der Waals surface area contributed by atoms with Gasteiger partial charge in [0.1, 0.15) is 5.75 Å². The lowest BCUT2D eigenvalue weighted by atomic mass is 9.63. The molecule has 39 heavy (non-hydrogen) atoms. The molecule has 2 aromatic rings. The van der Waals surface area contributed by atoms with E-state index in [1.165, 1.54) is 5.56 Å². The molecule has 1 saturated carbocycles. The molecule has 3 heterocycles. The summed E-state index contributed by atoms with van der Waals surface area (Å²) in [6.45, 7) is 4.61. The van der Waals surface area contributed by atoms with Crippen LogP contribution in [0, 0.1) is 23.7 Å². The Morgan fingerprint density at radius 2 is 1.79 bits per heavy atom. The fraction of sp³-hybridized carbons (Fsp3) is 0.548. The number of phenolic OH excluding ortho intramolecular Hbond substituents is 1. The lowest BCUT2D eigenvalue weighted by molar-refractivity contribution is -0.270. The van der Waals surface area contributed by atoms with Crippen molar-refractivity contribution >= 4 is 27.7 Å². The zero-order chi connectivity index (χ0) is 27.3. The molecule has 0 unspecified atom stereocenters. The molecular formula is C31H37BrN2O5. The van der Waals surface area contributed by atoms with E-state index >= 15 is 0 Å². The summed E-state index contributed by atoms with van der Waals surface area (Å²) in [7, 11) is 0. The standard InChI is InChI=1S/C31H37BrN2O5/c1-2-6-20-15-24-28(25-17-27(39-31(20,25)38)23-16-21(32)9-10-26(23)35)30(37)34(29(24)36)22-11-13-33(14-12-22)18-19-7-4-3-5-8-19/h3-5,7-10,16,20,22,24-25,27-28,35,38H,2,6,11-15,17-18H2,1H3/t20-,24-,25-,27-,28-,31+/m0/s1. The van der Waals surface area contributed by atoms with Gasteiger partial charge in [-0.15, -0.1) is 0 Å². The van der Waals surface area contributed by atoms with Crippen LogP contribution in [0.15, 0.2) is 53.0 Å². The van der Waals surface area contributed by atoms with Crippen LogP contribution in [0.25, 0.3) is 0 Å². The Hall–Kier alpha value is -2.26. The van der Waals surface area contributed by atoms with Crippen molar-refractivity contribution in [2.75, 3.05) is 13.1 Å². The monoisotopic (exact) mass is 596 g/mol. The quantitative estimate of drug-likeness (QED) is 0.456. The fourth-order valence-electron chi connectivity index (χ4n) is 7.70. The van der Waals surface area contributed by atoms with Crippen LogP contribution in [0.3, 0.4) is 0 Å². The van der Waals surface area contributed by atoms with Crippen LogP contribution in [0.4, 0.5) is 0 Å². The van der Waals surface area contributed by atoms with Crippen molar-refractivity contribution in [2.24, 2.45) is 23.7 Å². The van der Waals surface area contributed by atoms with E-state index in [0.717, 1.165) is 43.4 Å². The predicted octanol–water partition coefficient (Wildman–Crippen LogP) is 5.01. The van der Waals surface area contributed by atoms with Crippen molar-refractivity contribution in [1.82, 2.24) is 9.80 Å². The Morgan fingerprint density at radius 1 is 1.05 bits per heavy atom. The summed E-state index contributed by atoms with van der Waals surface area (Å²) in [6, 6.07) is 15.4. The predicted molar refractivity (Wildman–Crippen MR) is 149 cm³/mol. The van der Waals surface area contributed by atoms with E-state index in [9.17, 15) is 19.8 Å². The Kier molecular flexibility index (Phi) is 7.33. The maximum absolute atomic E-state index is 14.0. The van der Waals surface area contributed by atoms with Gasteiger partial charge in [0.25, 0.3) is 0 Å². The van der Waals surface area contributed by atoms with Crippen LogP contribution in [0.2, 0.25) is 0 Å². The van der Waals surface area contributed by atoms with Crippen molar-refractivity contribution in [1.29, 1.82) is 0 Å². The molecule has 3 aliphatic heterocycles. The highest BCUT2D eigenvalue weighted by atomic mass is 79.9. The molecule has 6 rings (SSSR count). The zero-order valence-corrected chi connectivity index (χ0v) is 23.9. The van der Waals surface area contributed by atoms with Gasteiger partial charge in [-0.3, -0.25) is 19.4 Å². The van der Waals surface area contributed by atoms with E-state index in [-0.39, 0.29) is 29.5 Å². The number of likely N-dealkylation sites (tertiary alicyclic amines) is 2. The van der Waals surface area contributed by atoms with Gasteiger partial charge >= 0.3 is 0 Å². The summed E-state index contributed by atoms with van der Waals surface area (Å²) in [5.74, 6) is -3.34. The Bertz CT molecular complexity index is 1230. The molecule has 0 radical (unpaired) electrons. The van der Waals surface area contributed by atoms with E-state index in [1.807, 2.05) is 24.3 Å². The highest BCUT2D eigenvalue weighted by Gasteiger charge is 2.67. The summed E-state index contributed by atoms with van der Waals surface area (Å²) in [6.07, 6.45) is 3.39. The molecule has 0 aromatic heterocycles. The molecule has 0 spiro atoms. The number of fused-ring (bicyclic) bond motifs is 3. The van der Waals surface area contributed by atoms with E-state index < -0.39 is 29.6 Å². The first-order chi connectivity index (χ1) is 18.8. The molecule has 1 aliphatic carbocycles. The van der Waals surface area contributed by atoms with Crippen LogP contribution in [0.1, 0.15) is 62.7 Å². The molecule has 6 atom stereocenters. The second-order valence-electron chi connectivity index (χ2n) is 11.8. The average molecular weight is 598 g/mol. The van der Waals surface area contributed by atoms with Crippen LogP contribution in [-0.2, 0) is 20.9 Å². The third-order valence-electron chi connectivity index (χ3n) is 9.54. The number of benzene rings is 2. The van der Waals surface area contributed by atoms with Crippen LogP contribution in [0.5, 0.6) is 5.75 Å². The minimum atomic E-state index is -1.50. The molecule has 4 fully saturated rings. The molecule has 0 bridgehead atoms. The van der Waals surface area contributed by atoms with E-state index in [0.29, 0.717) is 24.8 Å². The highest BCUT2D eigenvalue weighted by molar-refractivity contribution is 9.10. The summed E-state index contributed by atoms with van der Waals surface area (Å²) in [5.41, 5.74) is 1.86. The first-order valence-corrected chi connectivity index (χ1v) is 15.1. The number of rotatable bonds is 6. The number of hydrogen-bond acceptors (Lipinski definition) is 6. The Labute approximate surface area is 238 Å². The zero-order valence-electron chi connectivity index (χ0n) is 22.3. The fourth-order valence-corrected chi connectivity index (χ4v) is 8.08. The second kappa shape index (κ2) is 10.6. The van der Waals surface area contributed by atoms with Crippen LogP contribution in [-0.4, -0.2) is 56.7 Å². The number of hydrogen-bond donors (Lipinski definition) is 2. The largest absolute Gasteiger partial charge is 0.508 e. The van der Waals surface area contributed by atoms with Crippen molar-refractivity contribution in [3.63, 3.8) is 0 Å². The third kappa shape index (κ3) is 4.73. The normalized spacial score (nSPS) is 33.4. The molecule has 3 saturated heterocycles. The molecular weight excluding hydrogens is 560 g/mol. The summed E-state index contributed by atoms with van der Waals surface area (Å²) < 4.78 is 7.18. The molecule has 4 aliphatic rings. The van der Waals surface area contributed by atoms with E-state index in [1.54, 1.807) is 17.0 Å². The minimum absolute atomic E-state index is 0.0663. The number of aromatic hydroxyl groups is 1. The van der Waals surface area contributed by atoms with Crippen molar-refractivity contribution < 1.29 is 24.5 Å². The van der Waals surface area contributed by atoms with Crippen molar-refractivity contribution in [2.45, 2.75) is 69.9 Å². The maximum Gasteiger partial charge on any atom is 0.233 e. The smallest absolute Gasteiger partial charge is 0.233 e. The van der Waals surface area contributed by atoms with E-state index in [2.05, 4.69) is 39.9 Å². The number of amides is 2. The topological polar surface area (TPSA) is 90.3 Å². The molecule has 208 valence electrons. The molecule has 2 N–H and O–H groups in total. The number of piperidine rings is 1. The van der Waals surface area contributed by atoms with Crippen LogP contribution < -0.4 is 0 Å². The number of carbonyl (C=O) groups excluding carboxylic acids is 2. The number of phenols is 1. The number of halogens is 1. The average Bonchev–Trinajstić information content (AvgIpc) is 3.41. The summed E-state index contributed by atoms with van der Waals surface area (Å²) in [5, 5.41) is 22.6. The number of nitrogens with zero attached hydrogens (tertiary/aromatic N) is 2. The van der Waals surface area contributed by atoms with Gasteiger partial charge in [-0.1, -0.05) is 59.6 Å². The van der Waals surface area contributed by atoms with Gasteiger partial charge in [0, 0.05) is 47.5 Å². The maximum atomic E-state index is 14.0. The third-order valence-corrected chi connectivity index (χ3v) is 10.0. The SMILES string of the molecule is CCC[C@H]1C[C@@H]2C(=O)N(C3CCN(Cc4ccccc4)CC3)C(=O)[C@@H]2[C@@H]2C[C@@H](c3cc(Br)ccc3O)O[C@]12O. The number of ether oxygens (including phenoxy) is 1. The van der Waals surface area contributed by atoms with Gasteiger partial charge in [0.2, 0.25) is 11.8 Å². The molecule has 7 nitrogen and oxygen atoms in total. The van der Waals surface area contributed by atoms with E-state index in [4.69, 9.17) is 4.74 Å².